The van der Waals surface area contributed by atoms with E-state index in [4.69, 9.17) is 26.4 Å². The number of aromatic nitrogens is 3. The van der Waals surface area contributed by atoms with E-state index in [9.17, 15) is 0 Å². The van der Waals surface area contributed by atoms with Gasteiger partial charge in [-0.2, -0.15) is 15.0 Å². The number of nitrogens with one attached hydrogen (secondary N) is 6. The number of nitrogens with zero attached hydrogens (tertiary/aromatic N) is 3. The maximum atomic E-state index is 6.63. The number of hydrogen-bond acceptors (Lipinski definition) is 11. The molecule has 0 bridgehead atoms. The van der Waals surface area contributed by atoms with Crippen LogP contribution in [-0.4, -0.2) is 82.9 Å². The molecule has 2 fully saturated rings. The third kappa shape index (κ3) is 15.9. The van der Waals surface area contributed by atoms with Crippen LogP contribution in [0.1, 0.15) is 144 Å². The van der Waals surface area contributed by atoms with Crippen molar-refractivity contribution in [2.45, 2.75) is 161 Å². The largest absolute Gasteiger partial charge is 0.354 e. The minimum Gasteiger partial charge on any atom is -0.354 e. The number of anilines is 2. The first kappa shape index (κ1) is 40.8. The van der Waals surface area contributed by atoms with Gasteiger partial charge < -0.3 is 43.4 Å². The first-order valence-corrected chi connectivity index (χ1v) is 19.3. The summed E-state index contributed by atoms with van der Waals surface area (Å²) in [5, 5.41) is 21.5. The van der Waals surface area contributed by atoms with E-state index >= 15 is 0 Å². The Morgan fingerprint density at radius 2 is 1.04 bits per heavy atom. The second kappa shape index (κ2) is 19.1. The predicted octanol–water partition coefficient (Wildman–Crippen LogP) is 5.07. The molecule has 278 valence electrons. The van der Waals surface area contributed by atoms with Gasteiger partial charge in [0.2, 0.25) is 11.9 Å². The Morgan fingerprint density at radius 1 is 0.604 bits per heavy atom. The zero-order valence-corrected chi connectivity index (χ0v) is 32.2. The summed E-state index contributed by atoms with van der Waals surface area (Å²) in [6.45, 7) is 24.7. The van der Waals surface area contributed by atoms with Crippen LogP contribution in [0, 0.1) is 11.8 Å². The van der Waals surface area contributed by atoms with Crippen molar-refractivity contribution in [1.29, 1.82) is 0 Å². The van der Waals surface area contributed by atoms with Gasteiger partial charge in [-0.15, -0.1) is 0 Å². The lowest BCUT2D eigenvalue weighted by Gasteiger charge is -2.46. The van der Waals surface area contributed by atoms with E-state index in [1.807, 2.05) is 0 Å². The Bertz CT molecular complexity index is 959. The topological polar surface area (TPSA) is 163 Å². The summed E-state index contributed by atoms with van der Waals surface area (Å²) in [6, 6.07) is -0.259. The number of rotatable bonds is 22. The molecule has 0 aliphatic carbocycles. The molecule has 11 nitrogen and oxygen atoms in total. The Morgan fingerprint density at radius 3 is 1.48 bits per heavy atom. The van der Waals surface area contributed by atoms with E-state index in [0.717, 1.165) is 83.3 Å². The number of piperidine rings is 2. The zero-order valence-electron chi connectivity index (χ0n) is 32.2. The normalized spacial score (nSPS) is 21.2. The molecular formula is C37H75N11. The molecular weight excluding hydrogens is 598 g/mol. The van der Waals surface area contributed by atoms with Crippen LogP contribution in [0.4, 0.5) is 11.9 Å². The first-order chi connectivity index (χ1) is 22.6. The molecule has 10 N–H and O–H groups in total. The molecule has 0 amide bonds. The van der Waals surface area contributed by atoms with Crippen LogP contribution in [0.5, 0.6) is 0 Å². The maximum Gasteiger partial charge on any atom is 0.227 e. The van der Waals surface area contributed by atoms with Crippen molar-refractivity contribution in [2.24, 2.45) is 23.3 Å². The van der Waals surface area contributed by atoms with Crippen molar-refractivity contribution in [3.8, 4) is 0 Å². The molecule has 11 heteroatoms. The van der Waals surface area contributed by atoms with E-state index in [-0.39, 0.29) is 28.2 Å². The minimum atomic E-state index is -0.259. The standard InChI is InChI=1S/C37H75N11/c1-34(2)24-28(25-35(3,4)47-34)14-9-11-19-42-32-44-31(30(39)16-21-41-23-22-40-18-13-17-38)45-33(46-32)43-20-12-10-15-29-26-36(5,6)48-37(7,8)27-29/h28-30,40-41,47-48H,9-27,38-39H2,1-8H3,(H2,42,43,44,45,46). The maximum absolute atomic E-state index is 6.63. The highest BCUT2D eigenvalue weighted by Gasteiger charge is 2.38. The summed E-state index contributed by atoms with van der Waals surface area (Å²) in [7, 11) is 0. The fourth-order valence-corrected chi connectivity index (χ4v) is 8.75. The van der Waals surface area contributed by atoms with Crippen molar-refractivity contribution in [3.63, 3.8) is 0 Å². The molecule has 3 heterocycles. The minimum absolute atomic E-state index is 0.201. The van der Waals surface area contributed by atoms with Crippen molar-refractivity contribution >= 4 is 11.9 Å². The summed E-state index contributed by atoms with van der Waals surface area (Å²) in [5.74, 6) is 3.42. The van der Waals surface area contributed by atoms with Gasteiger partial charge in [0.05, 0.1) is 6.04 Å². The quantitative estimate of drug-likeness (QED) is 0.0776. The summed E-state index contributed by atoms with van der Waals surface area (Å²) < 4.78 is 0. The highest BCUT2D eigenvalue weighted by molar-refractivity contribution is 5.35. The molecule has 1 aromatic heterocycles. The van der Waals surface area contributed by atoms with Crippen molar-refractivity contribution in [2.75, 3.05) is 56.4 Å². The van der Waals surface area contributed by atoms with E-state index in [1.54, 1.807) is 0 Å². The van der Waals surface area contributed by atoms with Gasteiger partial charge in [0, 0.05) is 48.3 Å². The van der Waals surface area contributed by atoms with Crippen LogP contribution in [0.2, 0.25) is 0 Å². The van der Waals surface area contributed by atoms with Gasteiger partial charge in [0.15, 0.2) is 5.82 Å². The predicted molar refractivity (Wildman–Crippen MR) is 203 cm³/mol. The number of unbranched alkanes of at least 4 members (excludes halogenated alkanes) is 2. The molecule has 0 spiro atoms. The third-order valence-corrected chi connectivity index (χ3v) is 9.85. The van der Waals surface area contributed by atoms with Gasteiger partial charge in [-0.05, 0) is 138 Å². The van der Waals surface area contributed by atoms with Gasteiger partial charge in [-0.25, -0.2) is 0 Å². The lowest BCUT2D eigenvalue weighted by molar-refractivity contribution is 0.121. The first-order valence-electron chi connectivity index (χ1n) is 19.3. The Kier molecular flexibility index (Phi) is 16.2. The molecule has 3 rings (SSSR count). The molecule has 48 heavy (non-hydrogen) atoms. The van der Waals surface area contributed by atoms with Crippen molar-refractivity contribution in [1.82, 2.24) is 36.2 Å². The Labute approximate surface area is 293 Å². The lowest BCUT2D eigenvalue weighted by atomic mass is 9.74. The molecule has 1 unspecified atom stereocenters. The van der Waals surface area contributed by atoms with Gasteiger partial charge in [0.1, 0.15) is 0 Å². The van der Waals surface area contributed by atoms with Crippen LogP contribution in [0.15, 0.2) is 0 Å². The van der Waals surface area contributed by atoms with Gasteiger partial charge in [-0.3, -0.25) is 0 Å². The Balaban J connectivity index is 1.49. The smallest absolute Gasteiger partial charge is 0.227 e. The second-order valence-corrected chi connectivity index (χ2v) is 17.6. The summed E-state index contributed by atoms with van der Waals surface area (Å²) in [4.78, 5) is 14.3. The van der Waals surface area contributed by atoms with Gasteiger partial charge in [0.25, 0.3) is 0 Å². The molecule has 2 aliphatic heterocycles. The second-order valence-electron chi connectivity index (χ2n) is 17.6. The SMILES string of the molecule is CC1(C)CC(CCCCNc2nc(NCCCCC3CC(C)(C)NC(C)(C)C3)nc(C(N)CCNCCNCCCN)n2)CC(C)(C)N1. The fraction of sp³-hybridized carbons (Fsp3) is 0.919. The Hall–Kier alpha value is -1.63. The van der Waals surface area contributed by atoms with Crippen molar-refractivity contribution in [3.05, 3.63) is 5.82 Å². The van der Waals surface area contributed by atoms with Crippen LogP contribution >= 0.6 is 0 Å². The molecule has 1 aromatic rings. The summed E-state index contributed by atoms with van der Waals surface area (Å²) in [5.41, 5.74) is 13.0. The zero-order chi connectivity index (χ0) is 35.3. The van der Waals surface area contributed by atoms with Crippen LogP contribution in [-0.2, 0) is 0 Å². The van der Waals surface area contributed by atoms with Crippen LogP contribution in [0.25, 0.3) is 0 Å². The lowest BCUT2D eigenvalue weighted by Crippen LogP contribution is -2.57. The highest BCUT2D eigenvalue weighted by Crippen LogP contribution is 2.36. The number of hydrogen-bond donors (Lipinski definition) is 8. The van der Waals surface area contributed by atoms with Gasteiger partial charge in [-0.1, -0.05) is 25.7 Å². The van der Waals surface area contributed by atoms with E-state index in [0.29, 0.717) is 17.7 Å². The van der Waals surface area contributed by atoms with E-state index < -0.39 is 0 Å². The average Bonchev–Trinajstić information content (AvgIpc) is 2.95. The average molecular weight is 674 g/mol. The summed E-state index contributed by atoms with van der Waals surface area (Å²) in [6.07, 6.45) is 13.8. The fourth-order valence-electron chi connectivity index (χ4n) is 8.75. The monoisotopic (exact) mass is 674 g/mol. The summed E-state index contributed by atoms with van der Waals surface area (Å²) >= 11 is 0. The van der Waals surface area contributed by atoms with Crippen LogP contribution in [0.3, 0.4) is 0 Å². The van der Waals surface area contributed by atoms with E-state index in [1.165, 1.54) is 51.4 Å². The van der Waals surface area contributed by atoms with Crippen LogP contribution < -0.4 is 43.4 Å². The molecule has 0 radical (unpaired) electrons. The van der Waals surface area contributed by atoms with Gasteiger partial charge >= 0.3 is 0 Å². The molecule has 0 saturated carbocycles. The molecule has 1 atom stereocenters. The van der Waals surface area contributed by atoms with Crippen molar-refractivity contribution < 1.29 is 0 Å². The molecule has 2 saturated heterocycles. The molecule has 2 aliphatic rings. The number of nitrogens with two attached hydrogens (primary N) is 2. The highest BCUT2D eigenvalue weighted by atomic mass is 15.2. The van der Waals surface area contributed by atoms with E-state index in [2.05, 4.69) is 87.3 Å². The third-order valence-electron chi connectivity index (χ3n) is 9.85. The molecule has 0 aromatic carbocycles.